The number of hydrogen-bond acceptors (Lipinski definition) is 1. The van der Waals surface area contributed by atoms with Gasteiger partial charge in [0.25, 0.3) is 0 Å². The summed E-state index contributed by atoms with van der Waals surface area (Å²) in [5.41, 5.74) is 0. The van der Waals surface area contributed by atoms with Crippen molar-refractivity contribution in [1.82, 2.24) is 0 Å². The molecule has 1 fully saturated rings. The molecule has 1 nitrogen and oxygen atoms in total. The minimum Gasteiger partial charge on any atom is -0.370 e. The van der Waals surface area contributed by atoms with Crippen LogP contribution in [0.4, 0.5) is 0 Å². The Morgan fingerprint density at radius 3 is 1.73 bits per heavy atom. The van der Waals surface area contributed by atoms with E-state index in [1.54, 1.807) is 0 Å². The molecule has 0 aromatic heterocycles. The van der Waals surface area contributed by atoms with Crippen LogP contribution in [0.3, 0.4) is 0 Å². The minimum absolute atomic E-state index is 0.616. The predicted octanol–water partition coefficient (Wildman–Crippen LogP) is 8.55. The van der Waals surface area contributed by atoms with E-state index >= 15 is 0 Å². The summed E-state index contributed by atoms with van der Waals surface area (Å²) >= 11 is 0. The van der Waals surface area contributed by atoms with Gasteiger partial charge < -0.3 is 4.74 Å². The Labute approximate surface area is 166 Å². The fourth-order valence-electron chi connectivity index (χ4n) is 4.26. The molecule has 0 aliphatic carbocycles. The Morgan fingerprint density at radius 2 is 1.15 bits per heavy atom. The molecule has 26 heavy (non-hydrogen) atoms. The first kappa shape index (κ1) is 24.0. The van der Waals surface area contributed by atoms with Gasteiger partial charge in [0.1, 0.15) is 0 Å². The molecule has 1 heteroatoms. The fraction of sp³-hybridized carbons (Fsp3) is 1.00. The molecular formula is C25H50O. The standard InChI is InChI=1S/C25H50O/c1-6-8-9-10-11-16-21(3)17-12-14-19-24-25(26-24)20-15-13-18-23(5)22(4)7-2/h21-25H,6-20H2,1-5H3. The SMILES string of the molecule is CCCCCCCC(C)CCCCC1OC1CCCCC(C)C(C)CC. The van der Waals surface area contributed by atoms with E-state index in [0.29, 0.717) is 12.2 Å². The van der Waals surface area contributed by atoms with E-state index < -0.39 is 0 Å². The Hall–Kier alpha value is -0.0400. The maximum Gasteiger partial charge on any atom is 0.0841 e. The highest BCUT2D eigenvalue weighted by atomic mass is 16.6. The molecule has 0 amide bonds. The maximum absolute atomic E-state index is 5.90. The van der Waals surface area contributed by atoms with Crippen LogP contribution in [0.25, 0.3) is 0 Å². The van der Waals surface area contributed by atoms with Gasteiger partial charge in [-0.25, -0.2) is 0 Å². The van der Waals surface area contributed by atoms with Crippen LogP contribution in [-0.2, 0) is 4.74 Å². The van der Waals surface area contributed by atoms with Crippen molar-refractivity contribution in [1.29, 1.82) is 0 Å². The van der Waals surface area contributed by atoms with Gasteiger partial charge in [0.05, 0.1) is 12.2 Å². The van der Waals surface area contributed by atoms with Crippen LogP contribution in [0.5, 0.6) is 0 Å². The number of rotatable bonds is 18. The van der Waals surface area contributed by atoms with Crippen molar-refractivity contribution in [2.75, 3.05) is 0 Å². The first-order valence-corrected chi connectivity index (χ1v) is 12.2. The lowest BCUT2D eigenvalue weighted by atomic mass is 9.89. The molecule has 0 spiro atoms. The van der Waals surface area contributed by atoms with E-state index in [1.165, 1.54) is 96.3 Å². The van der Waals surface area contributed by atoms with Crippen LogP contribution < -0.4 is 0 Å². The molecule has 0 aromatic rings. The summed E-state index contributed by atoms with van der Waals surface area (Å²) in [4.78, 5) is 0. The van der Waals surface area contributed by atoms with Gasteiger partial charge in [-0.15, -0.1) is 0 Å². The maximum atomic E-state index is 5.90. The molecule has 1 aliphatic heterocycles. The first-order valence-electron chi connectivity index (χ1n) is 12.2. The third-order valence-electron chi connectivity index (χ3n) is 6.94. The number of epoxide rings is 1. The average Bonchev–Trinajstić information content (AvgIpc) is 3.39. The van der Waals surface area contributed by atoms with Gasteiger partial charge in [0.2, 0.25) is 0 Å². The van der Waals surface area contributed by atoms with Gasteiger partial charge in [-0.3, -0.25) is 0 Å². The highest BCUT2D eigenvalue weighted by Crippen LogP contribution is 2.32. The smallest absolute Gasteiger partial charge is 0.0841 e. The fourth-order valence-corrected chi connectivity index (χ4v) is 4.26. The van der Waals surface area contributed by atoms with Crippen molar-refractivity contribution >= 4 is 0 Å². The van der Waals surface area contributed by atoms with Gasteiger partial charge in [-0.05, 0) is 30.6 Å². The predicted molar refractivity (Wildman–Crippen MR) is 117 cm³/mol. The quantitative estimate of drug-likeness (QED) is 0.175. The second-order valence-corrected chi connectivity index (χ2v) is 9.45. The zero-order valence-corrected chi connectivity index (χ0v) is 18.9. The van der Waals surface area contributed by atoms with E-state index in [-0.39, 0.29) is 0 Å². The van der Waals surface area contributed by atoms with Gasteiger partial charge in [-0.2, -0.15) is 0 Å². The van der Waals surface area contributed by atoms with Crippen molar-refractivity contribution in [3.8, 4) is 0 Å². The summed E-state index contributed by atoms with van der Waals surface area (Å²) in [6.07, 6.45) is 22.2. The van der Waals surface area contributed by atoms with E-state index in [9.17, 15) is 0 Å². The van der Waals surface area contributed by atoms with Crippen molar-refractivity contribution in [3.63, 3.8) is 0 Å². The lowest BCUT2D eigenvalue weighted by Gasteiger charge is -2.17. The molecule has 0 radical (unpaired) electrons. The molecule has 156 valence electrons. The molecule has 1 aliphatic rings. The van der Waals surface area contributed by atoms with Crippen LogP contribution in [0.1, 0.15) is 131 Å². The molecule has 0 bridgehead atoms. The summed E-state index contributed by atoms with van der Waals surface area (Å²) in [5, 5.41) is 0. The summed E-state index contributed by atoms with van der Waals surface area (Å²) in [5.74, 6) is 2.71. The third-order valence-corrected chi connectivity index (χ3v) is 6.94. The van der Waals surface area contributed by atoms with Gasteiger partial charge in [0, 0.05) is 0 Å². The minimum atomic E-state index is 0.616. The summed E-state index contributed by atoms with van der Waals surface area (Å²) in [6, 6.07) is 0. The van der Waals surface area contributed by atoms with Crippen molar-refractivity contribution in [2.24, 2.45) is 17.8 Å². The van der Waals surface area contributed by atoms with Crippen molar-refractivity contribution < 1.29 is 4.74 Å². The highest BCUT2D eigenvalue weighted by molar-refractivity contribution is 4.84. The Kier molecular flexibility index (Phi) is 13.8. The van der Waals surface area contributed by atoms with E-state index in [4.69, 9.17) is 4.74 Å². The average molecular weight is 367 g/mol. The topological polar surface area (TPSA) is 12.5 Å². The van der Waals surface area contributed by atoms with Gasteiger partial charge in [-0.1, -0.05) is 118 Å². The second kappa shape index (κ2) is 14.9. The monoisotopic (exact) mass is 366 g/mol. The molecular weight excluding hydrogens is 316 g/mol. The highest BCUT2D eigenvalue weighted by Gasteiger charge is 2.36. The molecule has 0 N–H and O–H groups in total. The Morgan fingerprint density at radius 1 is 0.615 bits per heavy atom. The van der Waals surface area contributed by atoms with E-state index in [0.717, 1.165) is 17.8 Å². The van der Waals surface area contributed by atoms with Crippen LogP contribution >= 0.6 is 0 Å². The van der Waals surface area contributed by atoms with Crippen LogP contribution in [0.15, 0.2) is 0 Å². The Bertz CT molecular complexity index is 313. The molecule has 1 heterocycles. The molecule has 1 rings (SSSR count). The lowest BCUT2D eigenvalue weighted by Crippen LogP contribution is -2.06. The number of ether oxygens (including phenoxy) is 1. The zero-order chi connectivity index (χ0) is 19.2. The Balaban J connectivity index is 1.87. The number of unbranched alkanes of at least 4 members (excludes halogenated alkanes) is 6. The van der Waals surface area contributed by atoms with Gasteiger partial charge >= 0.3 is 0 Å². The van der Waals surface area contributed by atoms with Crippen molar-refractivity contribution in [2.45, 2.75) is 143 Å². The summed E-state index contributed by atoms with van der Waals surface area (Å²) < 4.78 is 5.90. The number of hydrogen-bond donors (Lipinski definition) is 0. The lowest BCUT2D eigenvalue weighted by molar-refractivity contribution is 0.327. The molecule has 5 unspecified atom stereocenters. The first-order chi connectivity index (χ1) is 12.6. The normalized spacial score (nSPS) is 23.0. The molecule has 5 atom stereocenters. The van der Waals surface area contributed by atoms with E-state index in [2.05, 4.69) is 34.6 Å². The van der Waals surface area contributed by atoms with Gasteiger partial charge in [0.15, 0.2) is 0 Å². The van der Waals surface area contributed by atoms with E-state index in [1.807, 2.05) is 0 Å². The largest absolute Gasteiger partial charge is 0.370 e. The summed E-state index contributed by atoms with van der Waals surface area (Å²) in [6.45, 7) is 11.9. The van der Waals surface area contributed by atoms with Crippen molar-refractivity contribution in [3.05, 3.63) is 0 Å². The zero-order valence-electron chi connectivity index (χ0n) is 18.9. The van der Waals surface area contributed by atoms with Crippen LogP contribution in [0, 0.1) is 17.8 Å². The molecule has 1 saturated heterocycles. The molecule has 0 aromatic carbocycles. The van der Waals surface area contributed by atoms with Crippen LogP contribution in [0.2, 0.25) is 0 Å². The molecule has 0 saturated carbocycles. The van der Waals surface area contributed by atoms with Crippen LogP contribution in [-0.4, -0.2) is 12.2 Å². The summed E-state index contributed by atoms with van der Waals surface area (Å²) in [7, 11) is 0. The third kappa shape index (κ3) is 11.6. The second-order valence-electron chi connectivity index (χ2n) is 9.45.